The number of benzene rings is 2. The first-order valence-corrected chi connectivity index (χ1v) is 11.8. The summed E-state index contributed by atoms with van der Waals surface area (Å²) in [6.07, 6.45) is 3.03. The third kappa shape index (κ3) is 3.06. The van der Waals surface area contributed by atoms with Gasteiger partial charge in [0.15, 0.2) is 5.54 Å². The molecule has 0 aliphatic carbocycles. The van der Waals surface area contributed by atoms with E-state index in [4.69, 9.17) is 11.6 Å². The van der Waals surface area contributed by atoms with Crippen molar-refractivity contribution < 1.29 is 9.59 Å². The predicted octanol–water partition coefficient (Wildman–Crippen LogP) is 5.04. The molecular formula is C26H28ClN3O2. The number of rotatable bonds is 5. The summed E-state index contributed by atoms with van der Waals surface area (Å²) in [5, 5.41) is 1.76. The monoisotopic (exact) mass is 449 g/mol. The van der Waals surface area contributed by atoms with Crippen LogP contribution in [-0.4, -0.2) is 46.2 Å². The zero-order valence-electron chi connectivity index (χ0n) is 18.5. The molecule has 0 radical (unpaired) electrons. The lowest BCUT2D eigenvalue weighted by molar-refractivity contribution is -0.166. The lowest BCUT2D eigenvalue weighted by Gasteiger charge is -2.51. The number of amides is 2. The van der Waals surface area contributed by atoms with Gasteiger partial charge in [-0.25, -0.2) is 0 Å². The summed E-state index contributed by atoms with van der Waals surface area (Å²) < 4.78 is 0. The number of piperazine rings is 1. The number of halogens is 1. The number of hydrogen-bond acceptors (Lipinski definition) is 2. The van der Waals surface area contributed by atoms with E-state index in [1.165, 1.54) is 0 Å². The molecule has 2 amide bonds. The molecule has 2 atom stereocenters. The number of hydrogen-bond donors (Lipinski definition) is 1. The van der Waals surface area contributed by atoms with Crippen molar-refractivity contribution in [2.45, 2.75) is 44.6 Å². The van der Waals surface area contributed by atoms with Crippen LogP contribution in [0, 0.1) is 0 Å². The molecule has 5 nitrogen and oxygen atoms in total. The fourth-order valence-corrected chi connectivity index (χ4v) is 5.72. The molecule has 0 saturated carbocycles. The van der Waals surface area contributed by atoms with E-state index < -0.39 is 5.54 Å². The molecule has 1 fully saturated rings. The van der Waals surface area contributed by atoms with Crippen molar-refractivity contribution in [1.82, 2.24) is 14.8 Å². The van der Waals surface area contributed by atoms with Gasteiger partial charge in [0, 0.05) is 34.9 Å². The molecule has 1 saturated heterocycles. The Morgan fingerprint density at radius 1 is 1.09 bits per heavy atom. The maximum Gasteiger partial charge on any atom is 0.254 e. The predicted molar refractivity (Wildman–Crippen MR) is 127 cm³/mol. The average Bonchev–Trinajstić information content (AvgIpc) is 3.19. The Morgan fingerprint density at radius 2 is 1.84 bits per heavy atom. The van der Waals surface area contributed by atoms with Crippen molar-refractivity contribution in [1.29, 1.82) is 0 Å². The Bertz CT molecular complexity index is 1200. The van der Waals surface area contributed by atoms with Gasteiger partial charge in [-0.1, -0.05) is 67.8 Å². The number of H-pyrrole nitrogens is 1. The fraction of sp³-hybridized carbons (Fsp3) is 0.385. The second-order valence-electron chi connectivity index (χ2n) is 9.04. The van der Waals surface area contributed by atoms with Crippen molar-refractivity contribution in [3.63, 3.8) is 0 Å². The second kappa shape index (κ2) is 7.96. The highest BCUT2D eigenvalue weighted by Gasteiger charge is 2.56. The normalized spacial score (nSPS) is 22.9. The number of aromatic nitrogens is 1. The molecular weight excluding hydrogens is 422 g/mol. The summed E-state index contributed by atoms with van der Waals surface area (Å²) in [6.45, 7) is 5.23. The first-order chi connectivity index (χ1) is 15.5. The molecule has 2 aliphatic heterocycles. The first-order valence-electron chi connectivity index (χ1n) is 11.4. The van der Waals surface area contributed by atoms with Crippen LogP contribution in [0.2, 0.25) is 5.02 Å². The van der Waals surface area contributed by atoms with Crippen molar-refractivity contribution in [3.05, 3.63) is 70.4 Å². The standard InChI is InChI=1S/C26H28ClN3O2/c1-3-4-9-14-29-16-22(31)30-15-19(17-10-5-7-12-20(17)27)23-18-11-6-8-13-21(18)28-24(23)26(30,2)25(29)32/h5-8,10-13,19,28H,3-4,9,14-16H2,1-2H3/t19-,26-/m0/s1. The molecule has 3 heterocycles. The summed E-state index contributed by atoms with van der Waals surface area (Å²) in [6, 6.07) is 15.9. The maximum atomic E-state index is 13.9. The minimum Gasteiger partial charge on any atom is -0.356 e. The van der Waals surface area contributed by atoms with E-state index in [0.717, 1.165) is 47.0 Å². The third-order valence-electron chi connectivity index (χ3n) is 7.13. The number of nitrogens with zero attached hydrogens (tertiary/aromatic N) is 2. The number of para-hydroxylation sites is 1. The van der Waals surface area contributed by atoms with Gasteiger partial charge in [0.05, 0.1) is 12.2 Å². The number of aromatic amines is 1. The van der Waals surface area contributed by atoms with Crippen LogP contribution in [-0.2, 0) is 15.1 Å². The Morgan fingerprint density at radius 3 is 2.62 bits per heavy atom. The van der Waals surface area contributed by atoms with Crippen molar-refractivity contribution >= 4 is 34.3 Å². The van der Waals surface area contributed by atoms with Crippen LogP contribution < -0.4 is 0 Å². The van der Waals surface area contributed by atoms with Crippen LogP contribution in [0.15, 0.2) is 48.5 Å². The van der Waals surface area contributed by atoms with Crippen LogP contribution in [0.25, 0.3) is 10.9 Å². The minimum absolute atomic E-state index is 0.00128. The van der Waals surface area contributed by atoms with Gasteiger partial charge < -0.3 is 14.8 Å². The largest absolute Gasteiger partial charge is 0.356 e. The zero-order valence-corrected chi connectivity index (χ0v) is 19.3. The van der Waals surface area contributed by atoms with Crippen LogP contribution >= 0.6 is 11.6 Å². The SMILES string of the molecule is CCCCCN1CC(=O)N2C[C@@H](c3ccccc3Cl)c3c([nH]c4ccccc34)[C@@]2(C)C1=O. The van der Waals surface area contributed by atoms with Gasteiger partial charge >= 0.3 is 0 Å². The van der Waals surface area contributed by atoms with Crippen LogP contribution in [0.5, 0.6) is 0 Å². The second-order valence-corrected chi connectivity index (χ2v) is 9.45. The highest BCUT2D eigenvalue weighted by molar-refractivity contribution is 6.31. The summed E-state index contributed by atoms with van der Waals surface area (Å²) >= 11 is 6.62. The Balaban J connectivity index is 1.69. The quantitative estimate of drug-likeness (QED) is 0.554. The summed E-state index contributed by atoms with van der Waals surface area (Å²) in [5.41, 5.74) is 2.79. The lowest BCUT2D eigenvalue weighted by atomic mass is 9.76. The molecule has 3 aromatic rings. The number of nitrogens with one attached hydrogen (secondary N) is 1. The summed E-state index contributed by atoms with van der Waals surface area (Å²) in [5.74, 6) is -0.116. The van der Waals surface area contributed by atoms with Crippen LogP contribution in [0.1, 0.15) is 55.8 Å². The number of unbranched alkanes of at least 4 members (excludes halogenated alkanes) is 2. The molecule has 6 heteroatoms. The first kappa shape index (κ1) is 21.1. The molecule has 2 aromatic carbocycles. The van der Waals surface area contributed by atoms with E-state index in [9.17, 15) is 9.59 Å². The topological polar surface area (TPSA) is 56.4 Å². The molecule has 166 valence electrons. The van der Waals surface area contributed by atoms with Gasteiger partial charge in [-0.3, -0.25) is 9.59 Å². The smallest absolute Gasteiger partial charge is 0.254 e. The van der Waals surface area contributed by atoms with Gasteiger partial charge in [-0.2, -0.15) is 0 Å². The molecule has 0 bridgehead atoms. The van der Waals surface area contributed by atoms with E-state index in [0.29, 0.717) is 18.1 Å². The summed E-state index contributed by atoms with van der Waals surface area (Å²) in [7, 11) is 0. The van der Waals surface area contributed by atoms with Gasteiger partial charge in [0.2, 0.25) is 5.91 Å². The maximum absolute atomic E-state index is 13.9. The van der Waals surface area contributed by atoms with Crippen molar-refractivity contribution in [2.24, 2.45) is 0 Å². The van der Waals surface area contributed by atoms with Gasteiger partial charge in [-0.15, -0.1) is 0 Å². The van der Waals surface area contributed by atoms with Gasteiger partial charge in [0.25, 0.3) is 5.91 Å². The van der Waals surface area contributed by atoms with Crippen LogP contribution in [0.4, 0.5) is 0 Å². The molecule has 32 heavy (non-hydrogen) atoms. The number of fused-ring (bicyclic) bond motifs is 5. The minimum atomic E-state index is -1.05. The lowest BCUT2D eigenvalue weighted by Crippen LogP contribution is -2.67. The molecule has 2 aliphatic rings. The summed E-state index contributed by atoms with van der Waals surface area (Å²) in [4.78, 5) is 34.3. The highest BCUT2D eigenvalue weighted by Crippen LogP contribution is 2.49. The number of carbonyl (C=O) groups is 2. The molecule has 0 spiro atoms. The van der Waals surface area contributed by atoms with E-state index >= 15 is 0 Å². The molecule has 1 N–H and O–H groups in total. The van der Waals surface area contributed by atoms with E-state index in [1.807, 2.05) is 49.4 Å². The van der Waals surface area contributed by atoms with Crippen LogP contribution in [0.3, 0.4) is 0 Å². The molecule has 1 aromatic heterocycles. The Labute approximate surface area is 193 Å². The molecule has 5 rings (SSSR count). The van der Waals surface area contributed by atoms with E-state index in [2.05, 4.69) is 18.0 Å². The highest BCUT2D eigenvalue weighted by atomic mass is 35.5. The van der Waals surface area contributed by atoms with E-state index in [-0.39, 0.29) is 24.3 Å². The Kier molecular flexibility index (Phi) is 5.25. The van der Waals surface area contributed by atoms with Gasteiger partial charge in [0.1, 0.15) is 0 Å². The zero-order chi connectivity index (χ0) is 22.5. The number of carbonyl (C=O) groups excluding carboxylic acids is 2. The molecule has 0 unspecified atom stereocenters. The third-order valence-corrected chi connectivity index (χ3v) is 7.47. The fourth-order valence-electron chi connectivity index (χ4n) is 5.45. The Hall–Kier alpha value is -2.79. The van der Waals surface area contributed by atoms with Gasteiger partial charge in [-0.05, 0) is 36.6 Å². The van der Waals surface area contributed by atoms with E-state index in [1.54, 1.807) is 9.80 Å². The van der Waals surface area contributed by atoms with Crippen molar-refractivity contribution in [3.8, 4) is 0 Å². The van der Waals surface area contributed by atoms with Crippen molar-refractivity contribution in [2.75, 3.05) is 19.6 Å². The average molecular weight is 450 g/mol.